The zero-order valence-corrected chi connectivity index (χ0v) is 17.2. The summed E-state index contributed by atoms with van der Waals surface area (Å²) >= 11 is 0. The van der Waals surface area contributed by atoms with Gasteiger partial charge in [-0.05, 0) is 38.6 Å². The van der Waals surface area contributed by atoms with E-state index in [1.807, 2.05) is 41.5 Å². The molecular weight excluding hydrogens is 362 g/mol. The van der Waals surface area contributed by atoms with Crippen molar-refractivity contribution >= 4 is 5.91 Å². The summed E-state index contributed by atoms with van der Waals surface area (Å²) in [5.74, 6) is -0.119. The molecule has 6 heteroatoms. The Morgan fingerprint density at radius 3 is 2.41 bits per heavy atom. The molecule has 0 saturated carbocycles. The van der Waals surface area contributed by atoms with Gasteiger partial charge in [-0.2, -0.15) is 5.10 Å². The van der Waals surface area contributed by atoms with Gasteiger partial charge in [-0.3, -0.25) is 10.2 Å². The van der Waals surface area contributed by atoms with Crippen LogP contribution in [0.2, 0.25) is 0 Å². The first-order chi connectivity index (χ1) is 14.0. The minimum absolute atomic E-state index is 0.119. The van der Waals surface area contributed by atoms with E-state index in [2.05, 4.69) is 49.4 Å². The molecule has 3 aromatic rings. The van der Waals surface area contributed by atoms with Crippen LogP contribution in [-0.2, 0) is 0 Å². The molecule has 1 amide bonds. The Hall–Kier alpha value is -2.96. The van der Waals surface area contributed by atoms with Crippen molar-refractivity contribution in [1.82, 2.24) is 25.1 Å². The van der Waals surface area contributed by atoms with E-state index in [0.717, 1.165) is 43.0 Å². The summed E-state index contributed by atoms with van der Waals surface area (Å²) in [6, 6.07) is 16.1. The second-order valence-electron chi connectivity index (χ2n) is 7.72. The number of piperazine rings is 1. The monoisotopic (exact) mass is 389 g/mol. The zero-order valence-electron chi connectivity index (χ0n) is 17.2. The summed E-state index contributed by atoms with van der Waals surface area (Å²) in [6.07, 6.45) is 1.83. The van der Waals surface area contributed by atoms with E-state index < -0.39 is 0 Å². The standard InChI is InChI=1S/C23H27N5O/c1-17-9-10-20(18(2)15-17)22-21(16-28(24-22)19-7-5-4-6-8-19)23(29)25-27-13-11-26(3)12-14-27/h4-10,15-16H,11-14H2,1-3H3,(H,25,29). The number of para-hydroxylation sites is 1. The van der Waals surface area contributed by atoms with E-state index in [4.69, 9.17) is 5.10 Å². The Balaban J connectivity index is 1.71. The van der Waals surface area contributed by atoms with Gasteiger partial charge in [0.1, 0.15) is 5.69 Å². The number of rotatable bonds is 4. The van der Waals surface area contributed by atoms with Crippen molar-refractivity contribution in [2.24, 2.45) is 0 Å². The van der Waals surface area contributed by atoms with E-state index in [1.54, 1.807) is 4.68 Å². The molecule has 2 heterocycles. The van der Waals surface area contributed by atoms with E-state index >= 15 is 0 Å². The molecule has 4 rings (SSSR count). The van der Waals surface area contributed by atoms with Crippen molar-refractivity contribution in [1.29, 1.82) is 0 Å². The number of nitrogens with one attached hydrogen (secondary N) is 1. The summed E-state index contributed by atoms with van der Waals surface area (Å²) < 4.78 is 1.79. The summed E-state index contributed by atoms with van der Waals surface area (Å²) in [6.45, 7) is 7.63. The Morgan fingerprint density at radius 2 is 1.72 bits per heavy atom. The van der Waals surface area contributed by atoms with Gasteiger partial charge in [0.05, 0.1) is 11.3 Å². The molecular formula is C23H27N5O. The van der Waals surface area contributed by atoms with Crippen molar-refractivity contribution in [2.75, 3.05) is 33.2 Å². The maximum absolute atomic E-state index is 13.2. The van der Waals surface area contributed by atoms with Gasteiger partial charge in [-0.15, -0.1) is 0 Å². The van der Waals surface area contributed by atoms with Crippen LogP contribution in [0.4, 0.5) is 0 Å². The summed E-state index contributed by atoms with van der Waals surface area (Å²) in [5.41, 5.74) is 8.57. The van der Waals surface area contributed by atoms with Crippen LogP contribution in [0.5, 0.6) is 0 Å². The molecule has 0 bridgehead atoms. The van der Waals surface area contributed by atoms with Crippen molar-refractivity contribution < 1.29 is 4.79 Å². The smallest absolute Gasteiger partial charge is 0.269 e. The largest absolute Gasteiger partial charge is 0.304 e. The number of likely N-dealkylation sites (N-methyl/N-ethyl adjacent to an activating group) is 1. The van der Waals surface area contributed by atoms with Crippen LogP contribution in [0.1, 0.15) is 21.5 Å². The second kappa shape index (κ2) is 8.19. The number of nitrogens with zero attached hydrogens (tertiary/aromatic N) is 4. The molecule has 1 saturated heterocycles. The van der Waals surface area contributed by atoms with Crippen LogP contribution in [-0.4, -0.2) is 58.8 Å². The number of aryl methyl sites for hydroxylation is 2. The molecule has 6 nitrogen and oxygen atoms in total. The van der Waals surface area contributed by atoms with E-state index in [0.29, 0.717) is 11.3 Å². The lowest BCUT2D eigenvalue weighted by molar-refractivity contribution is 0.0663. The topological polar surface area (TPSA) is 53.4 Å². The molecule has 0 spiro atoms. The van der Waals surface area contributed by atoms with Gasteiger partial charge in [-0.1, -0.05) is 42.0 Å². The number of aromatic nitrogens is 2. The molecule has 0 aliphatic carbocycles. The minimum atomic E-state index is -0.119. The number of carbonyl (C=O) groups is 1. The third-order valence-corrected chi connectivity index (χ3v) is 5.38. The third-order valence-electron chi connectivity index (χ3n) is 5.38. The van der Waals surface area contributed by atoms with E-state index in [9.17, 15) is 4.79 Å². The van der Waals surface area contributed by atoms with Crippen LogP contribution >= 0.6 is 0 Å². The van der Waals surface area contributed by atoms with Gasteiger partial charge in [0.15, 0.2) is 0 Å². The van der Waals surface area contributed by atoms with Gasteiger partial charge >= 0.3 is 0 Å². The highest BCUT2D eigenvalue weighted by atomic mass is 16.2. The summed E-state index contributed by atoms with van der Waals surface area (Å²) in [5, 5.41) is 6.79. The Kier molecular flexibility index (Phi) is 5.47. The first kappa shape index (κ1) is 19.4. The molecule has 0 unspecified atom stereocenters. The number of carbonyl (C=O) groups excluding carboxylic acids is 1. The minimum Gasteiger partial charge on any atom is -0.304 e. The van der Waals surface area contributed by atoms with Gasteiger partial charge in [-0.25, -0.2) is 9.69 Å². The molecule has 0 radical (unpaired) electrons. The Labute approximate surface area is 171 Å². The molecule has 1 aliphatic rings. The van der Waals surface area contributed by atoms with Crippen molar-refractivity contribution in [3.63, 3.8) is 0 Å². The second-order valence-corrected chi connectivity index (χ2v) is 7.72. The quantitative estimate of drug-likeness (QED) is 0.745. The first-order valence-corrected chi connectivity index (χ1v) is 9.98. The number of hydrogen-bond donors (Lipinski definition) is 1. The Morgan fingerprint density at radius 1 is 1.00 bits per heavy atom. The highest BCUT2D eigenvalue weighted by molar-refractivity contribution is 6.00. The lowest BCUT2D eigenvalue weighted by Crippen LogP contribution is -2.52. The molecule has 1 aliphatic heterocycles. The fraction of sp³-hybridized carbons (Fsp3) is 0.304. The van der Waals surface area contributed by atoms with Crippen molar-refractivity contribution in [3.8, 4) is 16.9 Å². The maximum Gasteiger partial charge on any atom is 0.269 e. The average Bonchev–Trinajstić information content (AvgIpc) is 3.16. The zero-order chi connectivity index (χ0) is 20.4. The summed E-state index contributed by atoms with van der Waals surface area (Å²) in [7, 11) is 2.10. The normalized spacial score (nSPS) is 15.4. The number of amides is 1. The molecule has 0 atom stereocenters. The first-order valence-electron chi connectivity index (χ1n) is 9.98. The van der Waals surface area contributed by atoms with E-state index in [1.165, 1.54) is 5.56 Å². The highest BCUT2D eigenvalue weighted by Crippen LogP contribution is 2.27. The Bertz CT molecular complexity index is 1000. The predicted octanol–water partition coefficient (Wildman–Crippen LogP) is 3.05. The lowest BCUT2D eigenvalue weighted by Gasteiger charge is -2.32. The molecule has 29 heavy (non-hydrogen) atoms. The fourth-order valence-corrected chi connectivity index (χ4v) is 3.65. The predicted molar refractivity (Wildman–Crippen MR) is 115 cm³/mol. The fourth-order valence-electron chi connectivity index (χ4n) is 3.65. The van der Waals surface area contributed by atoms with Crippen LogP contribution in [0.3, 0.4) is 0 Å². The van der Waals surface area contributed by atoms with Crippen LogP contribution < -0.4 is 5.43 Å². The highest BCUT2D eigenvalue weighted by Gasteiger charge is 2.23. The van der Waals surface area contributed by atoms with E-state index in [-0.39, 0.29) is 5.91 Å². The van der Waals surface area contributed by atoms with Crippen molar-refractivity contribution in [3.05, 3.63) is 71.4 Å². The van der Waals surface area contributed by atoms with Gasteiger partial charge < -0.3 is 4.90 Å². The molecule has 1 aromatic heterocycles. The molecule has 1 fully saturated rings. The number of hydrogen-bond acceptors (Lipinski definition) is 4. The van der Waals surface area contributed by atoms with Gasteiger partial charge in [0, 0.05) is 37.9 Å². The molecule has 1 N–H and O–H groups in total. The van der Waals surface area contributed by atoms with Crippen molar-refractivity contribution in [2.45, 2.75) is 13.8 Å². The molecule has 150 valence electrons. The average molecular weight is 390 g/mol. The van der Waals surface area contributed by atoms with Gasteiger partial charge in [0.2, 0.25) is 0 Å². The lowest BCUT2D eigenvalue weighted by atomic mass is 10.0. The molecule has 2 aromatic carbocycles. The number of benzene rings is 2. The van der Waals surface area contributed by atoms with Crippen LogP contribution in [0, 0.1) is 13.8 Å². The van der Waals surface area contributed by atoms with Crippen LogP contribution in [0.15, 0.2) is 54.7 Å². The summed E-state index contributed by atoms with van der Waals surface area (Å²) in [4.78, 5) is 15.5. The SMILES string of the molecule is Cc1ccc(-c2nn(-c3ccccc3)cc2C(=O)NN2CCN(C)CC2)c(C)c1. The van der Waals surface area contributed by atoms with Gasteiger partial charge in [0.25, 0.3) is 5.91 Å². The van der Waals surface area contributed by atoms with Crippen LogP contribution in [0.25, 0.3) is 16.9 Å². The third kappa shape index (κ3) is 4.23. The number of hydrazine groups is 1. The maximum atomic E-state index is 13.2.